The highest BCUT2D eigenvalue weighted by molar-refractivity contribution is 5.45. The van der Waals surface area contributed by atoms with Gasteiger partial charge in [-0.1, -0.05) is 37.3 Å². The zero-order valence-electron chi connectivity index (χ0n) is 17.2. The van der Waals surface area contributed by atoms with E-state index in [1.165, 1.54) is 68.4 Å². The highest BCUT2D eigenvalue weighted by Gasteiger charge is 2.34. The van der Waals surface area contributed by atoms with Crippen molar-refractivity contribution in [3.05, 3.63) is 65.2 Å². The van der Waals surface area contributed by atoms with E-state index in [1.807, 2.05) is 0 Å². The summed E-state index contributed by atoms with van der Waals surface area (Å²) in [7, 11) is 0. The van der Waals surface area contributed by atoms with Crippen molar-refractivity contribution in [2.45, 2.75) is 57.7 Å². The van der Waals surface area contributed by atoms with Gasteiger partial charge in [0.1, 0.15) is 5.75 Å². The van der Waals surface area contributed by atoms with Crippen LogP contribution in [0.2, 0.25) is 0 Å². The normalized spacial score (nSPS) is 26.3. The molecule has 0 N–H and O–H groups in total. The lowest BCUT2D eigenvalue weighted by molar-refractivity contribution is -0.274. The molecule has 0 radical (unpaired) electrons. The third-order valence-corrected chi connectivity index (χ3v) is 6.70. The van der Waals surface area contributed by atoms with E-state index < -0.39 is 6.36 Å². The molecule has 0 bridgehead atoms. The SMILES string of the molecule is CC1CCC2CC(c3ccc(C#Cc4ccc(OC(F)(F)F)cc4)cc3)CCC2C1. The Balaban J connectivity index is 1.37. The molecule has 2 aliphatic carbocycles. The average Bonchev–Trinajstić information content (AvgIpc) is 2.72. The lowest BCUT2D eigenvalue weighted by atomic mass is 9.64. The Kier molecular flexibility index (Phi) is 6.09. The molecule has 0 aliphatic heterocycles. The molecule has 0 saturated heterocycles. The number of hydrogen-bond acceptors (Lipinski definition) is 1. The molecule has 30 heavy (non-hydrogen) atoms. The van der Waals surface area contributed by atoms with E-state index in [2.05, 4.69) is 47.8 Å². The Bertz CT molecular complexity index is 903. The molecule has 4 atom stereocenters. The van der Waals surface area contributed by atoms with Crippen LogP contribution in [0, 0.1) is 29.6 Å². The Morgan fingerprint density at radius 1 is 0.767 bits per heavy atom. The molecular formula is C26H27F3O. The van der Waals surface area contributed by atoms with Crippen LogP contribution in [0.5, 0.6) is 5.75 Å². The minimum absolute atomic E-state index is 0.237. The number of halogens is 3. The van der Waals surface area contributed by atoms with Crippen molar-refractivity contribution in [2.75, 3.05) is 0 Å². The van der Waals surface area contributed by atoms with Crippen molar-refractivity contribution in [2.24, 2.45) is 17.8 Å². The lowest BCUT2D eigenvalue weighted by Crippen LogP contribution is -2.29. The van der Waals surface area contributed by atoms with E-state index in [-0.39, 0.29) is 5.75 Å². The van der Waals surface area contributed by atoms with Crippen molar-refractivity contribution < 1.29 is 17.9 Å². The Morgan fingerprint density at radius 3 is 1.97 bits per heavy atom. The van der Waals surface area contributed by atoms with Gasteiger partial charge < -0.3 is 4.74 Å². The molecule has 4 rings (SSSR count). The van der Waals surface area contributed by atoms with Gasteiger partial charge in [-0.05, 0) is 97.7 Å². The summed E-state index contributed by atoms with van der Waals surface area (Å²) in [6, 6.07) is 14.1. The van der Waals surface area contributed by atoms with E-state index in [9.17, 15) is 13.2 Å². The van der Waals surface area contributed by atoms with Crippen molar-refractivity contribution in [3.63, 3.8) is 0 Å². The van der Waals surface area contributed by atoms with Crippen LogP contribution >= 0.6 is 0 Å². The fourth-order valence-electron chi connectivity index (χ4n) is 5.15. The zero-order valence-corrected chi connectivity index (χ0v) is 17.2. The predicted octanol–water partition coefficient (Wildman–Crippen LogP) is 7.30. The molecule has 2 fully saturated rings. The summed E-state index contributed by atoms with van der Waals surface area (Å²) in [6.07, 6.45) is 3.46. The van der Waals surface area contributed by atoms with Crippen LogP contribution in [0.15, 0.2) is 48.5 Å². The van der Waals surface area contributed by atoms with Gasteiger partial charge in [-0.3, -0.25) is 0 Å². The van der Waals surface area contributed by atoms with Crippen LogP contribution in [0.3, 0.4) is 0 Å². The molecule has 2 aromatic carbocycles. The molecule has 2 saturated carbocycles. The highest BCUT2D eigenvalue weighted by atomic mass is 19.4. The maximum atomic E-state index is 12.2. The van der Waals surface area contributed by atoms with Gasteiger partial charge in [-0.2, -0.15) is 0 Å². The number of fused-ring (bicyclic) bond motifs is 1. The molecule has 0 spiro atoms. The van der Waals surface area contributed by atoms with E-state index >= 15 is 0 Å². The first kappa shape index (κ1) is 20.8. The summed E-state index contributed by atoms with van der Waals surface area (Å²) in [4.78, 5) is 0. The molecule has 2 aliphatic rings. The summed E-state index contributed by atoms with van der Waals surface area (Å²) in [5.74, 6) is 9.24. The van der Waals surface area contributed by atoms with Gasteiger partial charge in [-0.15, -0.1) is 13.2 Å². The molecule has 0 heterocycles. The van der Waals surface area contributed by atoms with Gasteiger partial charge >= 0.3 is 6.36 Å². The fraction of sp³-hybridized carbons (Fsp3) is 0.462. The summed E-state index contributed by atoms with van der Waals surface area (Å²) in [5.41, 5.74) is 2.97. The summed E-state index contributed by atoms with van der Waals surface area (Å²) in [6.45, 7) is 2.40. The lowest BCUT2D eigenvalue weighted by Gasteiger charge is -2.41. The number of hydrogen-bond donors (Lipinski definition) is 0. The number of benzene rings is 2. The van der Waals surface area contributed by atoms with Crippen LogP contribution in [-0.2, 0) is 0 Å². The van der Waals surface area contributed by atoms with Crippen LogP contribution in [0.4, 0.5) is 13.2 Å². The van der Waals surface area contributed by atoms with Gasteiger partial charge in [0, 0.05) is 11.1 Å². The maximum absolute atomic E-state index is 12.2. The number of rotatable bonds is 2. The summed E-state index contributed by atoms with van der Waals surface area (Å²) < 4.78 is 40.6. The van der Waals surface area contributed by atoms with E-state index in [0.717, 1.165) is 23.3 Å². The van der Waals surface area contributed by atoms with Crippen molar-refractivity contribution >= 4 is 0 Å². The molecule has 0 amide bonds. The Labute approximate surface area is 176 Å². The van der Waals surface area contributed by atoms with Crippen molar-refractivity contribution in [3.8, 4) is 17.6 Å². The van der Waals surface area contributed by atoms with Crippen molar-refractivity contribution in [1.29, 1.82) is 0 Å². The van der Waals surface area contributed by atoms with Gasteiger partial charge in [0.15, 0.2) is 0 Å². The van der Waals surface area contributed by atoms with E-state index in [1.54, 1.807) is 0 Å². The molecule has 2 aromatic rings. The van der Waals surface area contributed by atoms with Gasteiger partial charge in [0.25, 0.3) is 0 Å². The first-order valence-corrected chi connectivity index (χ1v) is 10.8. The molecule has 1 nitrogen and oxygen atoms in total. The maximum Gasteiger partial charge on any atom is 0.573 e. The molecular weight excluding hydrogens is 385 g/mol. The second-order valence-corrected chi connectivity index (χ2v) is 8.89. The van der Waals surface area contributed by atoms with Crippen LogP contribution < -0.4 is 4.74 Å². The first-order chi connectivity index (χ1) is 14.4. The third kappa shape index (κ3) is 5.39. The Morgan fingerprint density at radius 2 is 1.33 bits per heavy atom. The fourth-order valence-corrected chi connectivity index (χ4v) is 5.15. The monoisotopic (exact) mass is 412 g/mol. The van der Waals surface area contributed by atoms with Gasteiger partial charge in [-0.25, -0.2) is 0 Å². The smallest absolute Gasteiger partial charge is 0.406 e. The predicted molar refractivity (Wildman–Crippen MR) is 112 cm³/mol. The third-order valence-electron chi connectivity index (χ3n) is 6.70. The molecule has 4 heteroatoms. The standard InChI is InChI=1S/C26H27F3O/c1-18-2-9-24-17-23(13-12-22(24)16-18)21-10-5-19(6-11-21)3-4-20-7-14-25(15-8-20)30-26(27,28)29/h5-8,10-11,14-15,18,22-24H,2,9,12-13,16-17H2,1H3. The second-order valence-electron chi connectivity index (χ2n) is 8.89. The second kappa shape index (κ2) is 8.76. The van der Waals surface area contributed by atoms with E-state index in [4.69, 9.17) is 0 Å². The molecule has 4 unspecified atom stereocenters. The van der Waals surface area contributed by atoms with Crippen LogP contribution in [-0.4, -0.2) is 6.36 Å². The van der Waals surface area contributed by atoms with Crippen LogP contribution in [0.25, 0.3) is 0 Å². The van der Waals surface area contributed by atoms with Crippen molar-refractivity contribution in [1.82, 2.24) is 0 Å². The minimum Gasteiger partial charge on any atom is -0.406 e. The number of alkyl halides is 3. The summed E-state index contributed by atoms with van der Waals surface area (Å²) >= 11 is 0. The van der Waals surface area contributed by atoms with Gasteiger partial charge in [0.05, 0.1) is 0 Å². The minimum atomic E-state index is -4.68. The van der Waals surface area contributed by atoms with Gasteiger partial charge in [0.2, 0.25) is 0 Å². The zero-order chi connectivity index (χ0) is 21.1. The highest BCUT2D eigenvalue weighted by Crippen LogP contribution is 2.47. The Hall–Kier alpha value is -2.41. The average molecular weight is 412 g/mol. The van der Waals surface area contributed by atoms with E-state index in [0.29, 0.717) is 11.5 Å². The molecule has 158 valence electrons. The quantitative estimate of drug-likeness (QED) is 0.470. The van der Waals surface area contributed by atoms with Crippen LogP contribution in [0.1, 0.15) is 68.1 Å². The largest absolute Gasteiger partial charge is 0.573 e. The summed E-state index contributed by atoms with van der Waals surface area (Å²) in [5, 5.41) is 0. The number of ether oxygens (including phenoxy) is 1. The topological polar surface area (TPSA) is 9.23 Å². The first-order valence-electron chi connectivity index (χ1n) is 10.8. The molecule has 0 aromatic heterocycles.